The Hall–Kier alpha value is -0.890. The van der Waals surface area contributed by atoms with Gasteiger partial charge in [0.05, 0.1) is 12.6 Å². The van der Waals surface area contributed by atoms with Crippen LogP contribution in [0.15, 0.2) is 11.4 Å². The predicted molar refractivity (Wildman–Crippen MR) is 43.0 cm³/mol. The standard InChI is InChI=1S/C7H8N2OS/c8-2-6-1-5(4-11-6)7(9)3-10/h1,4,7,10H,3,9H2/t7-/m1/s1. The van der Waals surface area contributed by atoms with E-state index >= 15 is 0 Å². The lowest BCUT2D eigenvalue weighted by molar-refractivity contribution is 0.268. The van der Waals surface area contributed by atoms with Crippen LogP contribution in [0.2, 0.25) is 0 Å². The maximum absolute atomic E-state index is 8.67. The molecule has 0 fully saturated rings. The van der Waals surface area contributed by atoms with Crippen molar-refractivity contribution in [3.05, 3.63) is 21.9 Å². The van der Waals surface area contributed by atoms with Crippen LogP contribution >= 0.6 is 11.3 Å². The molecule has 0 unspecified atom stereocenters. The fraction of sp³-hybridized carbons (Fsp3) is 0.286. The van der Waals surface area contributed by atoms with Crippen LogP contribution in [0.25, 0.3) is 0 Å². The van der Waals surface area contributed by atoms with Gasteiger partial charge in [0.2, 0.25) is 0 Å². The van der Waals surface area contributed by atoms with Crippen LogP contribution in [0.1, 0.15) is 16.5 Å². The Morgan fingerprint density at radius 1 is 1.82 bits per heavy atom. The third-order valence-corrected chi connectivity index (χ3v) is 2.21. The fourth-order valence-electron chi connectivity index (χ4n) is 0.709. The molecule has 3 N–H and O–H groups in total. The summed E-state index contributed by atoms with van der Waals surface area (Å²) < 4.78 is 0. The molecule has 0 amide bonds. The molecular formula is C7H8N2OS. The summed E-state index contributed by atoms with van der Waals surface area (Å²) in [5.74, 6) is 0. The van der Waals surface area contributed by atoms with E-state index in [4.69, 9.17) is 16.1 Å². The minimum atomic E-state index is -0.353. The molecule has 0 spiro atoms. The number of thiophene rings is 1. The summed E-state index contributed by atoms with van der Waals surface area (Å²) in [6.07, 6.45) is 0. The summed E-state index contributed by atoms with van der Waals surface area (Å²) in [6.45, 7) is -0.0817. The largest absolute Gasteiger partial charge is 0.394 e. The second kappa shape index (κ2) is 3.49. The quantitative estimate of drug-likeness (QED) is 0.679. The molecule has 1 atom stereocenters. The highest BCUT2D eigenvalue weighted by Crippen LogP contribution is 2.18. The topological polar surface area (TPSA) is 70.0 Å². The van der Waals surface area contributed by atoms with Gasteiger partial charge in [-0.2, -0.15) is 5.26 Å². The Morgan fingerprint density at radius 3 is 3.00 bits per heavy atom. The zero-order chi connectivity index (χ0) is 8.27. The molecule has 11 heavy (non-hydrogen) atoms. The summed E-state index contributed by atoms with van der Waals surface area (Å²) in [6, 6.07) is 3.35. The number of nitrogens with two attached hydrogens (primary N) is 1. The second-order valence-corrected chi connectivity index (χ2v) is 3.06. The minimum absolute atomic E-state index is 0.0817. The van der Waals surface area contributed by atoms with Gasteiger partial charge in [-0.1, -0.05) is 0 Å². The van der Waals surface area contributed by atoms with Gasteiger partial charge in [-0.05, 0) is 17.0 Å². The first-order chi connectivity index (χ1) is 5.27. The lowest BCUT2D eigenvalue weighted by Crippen LogP contribution is -2.13. The molecule has 0 aromatic carbocycles. The van der Waals surface area contributed by atoms with Crippen molar-refractivity contribution in [1.29, 1.82) is 5.26 Å². The summed E-state index contributed by atoms with van der Waals surface area (Å²) in [5, 5.41) is 18.9. The van der Waals surface area contributed by atoms with E-state index in [0.29, 0.717) is 4.88 Å². The van der Waals surface area contributed by atoms with Crippen molar-refractivity contribution >= 4 is 11.3 Å². The summed E-state index contributed by atoms with van der Waals surface area (Å²) in [4.78, 5) is 0.629. The zero-order valence-corrected chi connectivity index (χ0v) is 6.64. The van der Waals surface area contributed by atoms with Gasteiger partial charge in [-0.15, -0.1) is 11.3 Å². The second-order valence-electron chi connectivity index (χ2n) is 2.15. The molecule has 4 heteroatoms. The van der Waals surface area contributed by atoms with Crippen molar-refractivity contribution in [2.45, 2.75) is 6.04 Å². The van der Waals surface area contributed by atoms with Crippen LogP contribution in [0.3, 0.4) is 0 Å². The Kier molecular flexibility index (Phi) is 2.60. The first-order valence-corrected chi connectivity index (χ1v) is 4.01. The Labute approximate surface area is 68.7 Å². The van der Waals surface area contributed by atoms with Gasteiger partial charge in [0.25, 0.3) is 0 Å². The van der Waals surface area contributed by atoms with E-state index in [1.807, 2.05) is 6.07 Å². The highest BCUT2D eigenvalue weighted by atomic mass is 32.1. The van der Waals surface area contributed by atoms with Gasteiger partial charge in [0, 0.05) is 0 Å². The minimum Gasteiger partial charge on any atom is -0.394 e. The Bertz CT molecular complexity index is 276. The summed E-state index contributed by atoms with van der Waals surface area (Å²) in [5.41, 5.74) is 6.34. The first-order valence-electron chi connectivity index (χ1n) is 3.13. The fourth-order valence-corrected chi connectivity index (χ4v) is 1.47. The maximum Gasteiger partial charge on any atom is 0.110 e. The average Bonchev–Trinajstić information content (AvgIpc) is 2.50. The molecule has 0 aliphatic carbocycles. The van der Waals surface area contributed by atoms with Crippen molar-refractivity contribution in [2.24, 2.45) is 5.73 Å². The monoisotopic (exact) mass is 168 g/mol. The van der Waals surface area contributed by atoms with Gasteiger partial charge >= 0.3 is 0 Å². The van der Waals surface area contributed by atoms with Crippen LogP contribution in [-0.4, -0.2) is 11.7 Å². The van der Waals surface area contributed by atoms with E-state index in [1.54, 1.807) is 11.4 Å². The molecule has 58 valence electrons. The molecule has 0 aliphatic rings. The highest BCUT2D eigenvalue weighted by molar-refractivity contribution is 7.10. The zero-order valence-electron chi connectivity index (χ0n) is 5.82. The molecule has 1 heterocycles. The molecule has 0 aliphatic heterocycles. The van der Waals surface area contributed by atoms with Crippen molar-refractivity contribution in [3.8, 4) is 6.07 Å². The smallest absolute Gasteiger partial charge is 0.110 e. The van der Waals surface area contributed by atoms with Crippen molar-refractivity contribution in [2.75, 3.05) is 6.61 Å². The maximum atomic E-state index is 8.67. The van der Waals surface area contributed by atoms with Gasteiger partial charge < -0.3 is 10.8 Å². The predicted octanol–water partition coefficient (Wildman–Crippen LogP) is 0.612. The van der Waals surface area contributed by atoms with Gasteiger partial charge in [-0.25, -0.2) is 0 Å². The van der Waals surface area contributed by atoms with Crippen LogP contribution in [-0.2, 0) is 0 Å². The van der Waals surface area contributed by atoms with Crippen molar-refractivity contribution in [1.82, 2.24) is 0 Å². The number of aliphatic hydroxyl groups excluding tert-OH is 1. The molecule has 3 nitrogen and oxygen atoms in total. The van der Waals surface area contributed by atoms with Crippen LogP contribution < -0.4 is 5.73 Å². The molecule has 0 saturated carbocycles. The number of aliphatic hydroxyl groups is 1. The SMILES string of the molecule is N#Cc1cc([C@H](N)CO)cs1. The van der Waals surface area contributed by atoms with Gasteiger partial charge in [-0.3, -0.25) is 0 Å². The van der Waals surface area contributed by atoms with Crippen LogP contribution in [0, 0.1) is 11.3 Å². The molecule has 0 saturated heterocycles. The van der Waals surface area contributed by atoms with E-state index in [9.17, 15) is 0 Å². The third kappa shape index (κ3) is 1.77. The molecule has 1 aromatic rings. The van der Waals surface area contributed by atoms with E-state index in [1.165, 1.54) is 11.3 Å². The van der Waals surface area contributed by atoms with Gasteiger partial charge in [0.1, 0.15) is 10.9 Å². The third-order valence-electron chi connectivity index (χ3n) is 1.35. The van der Waals surface area contributed by atoms with E-state index in [-0.39, 0.29) is 12.6 Å². The number of nitriles is 1. The van der Waals surface area contributed by atoms with E-state index in [2.05, 4.69) is 0 Å². The first kappa shape index (κ1) is 8.21. The van der Waals surface area contributed by atoms with E-state index < -0.39 is 0 Å². The summed E-state index contributed by atoms with van der Waals surface area (Å²) in [7, 11) is 0. The number of hydrogen-bond acceptors (Lipinski definition) is 4. The molecule has 1 aromatic heterocycles. The lowest BCUT2D eigenvalue weighted by atomic mass is 10.2. The normalized spacial score (nSPS) is 12.5. The van der Waals surface area contributed by atoms with Crippen LogP contribution in [0.5, 0.6) is 0 Å². The lowest BCUT2D eigenvalue weighted by Gasteiger charge is -2.02. The average molecular weight is 168 g/mol. The molecule has 0 radical (unpaired) electrons. The van der Waals surface area contributed by atoms with Crippen molar-refractivity contribution < 1.29 is 5.11 Å². The van der Waals surface area contributed by atoms with Crippen LogP contribution in [0.4, 0.5) is 0 Å². The number of nitrogens with zero attached hydrogens (tertiary/aromatic N) is 1. The van der Waals surface area contributed by atoms with Gasteiger partial charge in [0.15, 0.2) is 0 Å². The highest BCUT2D eigenvalue weighted by Gasteiger charge is 2.06. The number of hydrogen-bond donors (Lipinski definition) is 2. The Morgan fingerprint density at radius 2 is 2.55 bits per heavy atom. The molecular weight excluding hydrogens is 160 g/mol. The van der Waals surface area contributed by atoms with E-state index in [0.717, 1.165) is 5.56 Å². The van der Waals surface area contributed by atoms with Crippen molar-refractivity contribution in [3.63, 3.8) is 0 Å². The molecule has 1 rings (SSSR count). The molecule has 0 bridgehead atoms. The Balaban J connectivity index is 2.82. The summed E-state index contributed by atoms with van der Waals surface area (Å²) >= 11 is 1.34. The number of rotatable bonds is 2.